The molecule has 88 valence electrons. The zero-order valence-corrected chi connectivity index (χ0v) is 11.5. The Morgan fingerprint density at radius 2 is 1.75 bits per heavy atom. The summed E-state index contributed by atoms with van der Waals surface area (Å²) in [5.74, 6) is -0.945. The molecule has 0 spiro atoms. The fourth-order valence-electron chi connectivity index (χ4n) is 1.08. The smallest absolute Gasteiger partial charge is 0.185 e. The molecule has 5 heteroatoms. The summed E-state index contributed by atoms with van der Waals surface area (Å²) in [5.41, 5.74) is 0. The van der Waals surface area contributed by atoms with Gasteiger partial charge in [0.15, 0.2) is 15.6 Å². The third kappa shape index (κ3) is 3.42. The number of hydrogen-bond donors (Lipinski definition) is 0. The van der Waals surface area contributed by atoms with Crippen LogP contribution in [0.1, 0.15) is 13.8 Å². The average molecular weight is 305 g/mol. The van der Waals surface area contributed by atoms with Crippen molar-refractivity contribution in [1.29, 1.82) is 0 Å². The second-order valence-electron chi connectivity index (χ2n) is 3.83. The van der Waals surface area contributed by atoms with Crippen LogP contribution in [0.4, 0.5) is 0 Å². The van der Waals surface area contributed by atoms with Crippen LogP contribution in [0.5, 0.6) is 0 Å². The third-order valence-corrected chi connectivity index (χ3v) is 4.33. The van der Waals surface area contributed by atoms with Crippen LogP contribution in [0.3, 0.4) is 0 Å². The second kappa shape index (κ2) is 5.10. The SMILES string of the molecule is CC(C)C(=O)CS(=O)(=O)c1ccc(Br)cc1. The highest BCUT2D eigenvalue weighted by Gasteiger charge is 2.20. The maximum absolute atomic E-state index is 11.8. The molecular formula is C11H13BrO3S. The summed E-state index contributed by atoms with van der Waals surface area (Å²) < 4.78 is 24.5. The Kier molecular flexibility index (Phi) is 4.27. The van der Waals surface area contributed by atoms with E-state index in [2.05, 4.69) is 15.9 Å². The van der Waals surface area contributed by atoms with Gasteiger partial charge in [0, 0.05) is 10.4 Å². The van der Waals surface area contributed by atoms with E-state index in [0.717, 1.165) is 4.47 Å². The topological polar surface area (TPSA) is 51.2 Å². The van der Waals surface area contributed by atoms with Crippen LogP contribution in [0.15, 0.2) is 33.6 Å². The maximum atomic E-state index is 11.8. The lowest BCUT2D eigenvalue weighted by Crippen LogP contribution is -2.20. The Labute approximate surface area is 104 Å². The molecule has 1 aromatic carbocycles. The van der Waals surface area contributed by atoms with Gasteiger partial charge < -0.3 is 0 Å². The maximum Gasteiger partial charge on any atom is 0.185 e. The minimum absolute atomic E-state index is 0.185. The first kappa shape index (κ1) is 13.4. The van der Waals surface area contributed by atoms with Crippen molar-refractivity contribution in [3.8, 4) is 0 Å². The highest BCUT2D eigenvalue weighted by Crippen LogP contribution is 2.16. The highest BCUT2D eigenvalue weighted by molar-refractivity contribution is 9.10. The van der Waals surface area contributed by atoms with E-state index in [0.29, 0.717) is 0 Å². The molecule has 0 fully saturated rings. The molecule has 1 rings (SSSR count). The molecule has 0 aliphatic rings. The molecule has 0 N–H and O–H groups in total. The summed E-state index contributed by atoms with van der Waals surface area (Å²) in [6.07, 6.45) is 0. The summed E-state index contributed by atoms with van der Waals surface area (Å²) in [4.78, 5) is 11.6. The van der Waals surface area contributed by atoms with E-state index >= 15 is 0 Å². The molecule has 16 heavy (non-hydrogen) atoms. The Bertz CT molecular complexity index is 474. The predicted molar refractivity (Wildman–Crippen MR) is 66.0 cm³/mol. The molecule has 0 radical (unpaired) electrons. The lowest BCUT2D eigenvalue weighted by molar-refractivity contribution is -0.119. The normalized spacial score (nSPS) is 11.8. The summed E-state index contributed by atoms with van der Waals surface area (Å²) in [5, 5.41) is 0. The number of carbonyl (C=O) groups excluding carboxylic acids is 1. The average Bonchev–Trinajstić information content (AvgIpc) is 2.17. The number of rotatable bonds is 4. The number of sulfone groups is 1. The summed E-state index contributed by atoms with van der Waals surface area (Å²) in [7, 11) is -3.49. The largest absolute Gasteiger partial charge is 0.298 e. The Morgan fingerprint density at radius 1 is 1.25 bits per heavy atom. The molecule has 0 amide bonds. The molecule has 3 nitrogen and oxygen atoms in total. The number of carbonyl (C=O) groups is 1. The number of hydrogen-bond acceptors (Lipinski definition) is 3. The van der Waals surface area contributed by atoms with Gasteiger partial charge in [0.2, 0.25) is 0 Å². The van der Waals surface area contributed by atoms with Crippen molar-refractivity contribution in [1.82, 2.24) is 0 Å². The van der Waals surface area contributed by atoms with Crippen LogP contribution in [0.2, 0.25) is 0 Å². The van der Waals surface area contributed by atoms with Crippen molar-refractivity contribution in [2.75, 3.05) is 5.75 Å². The highest BCUT2D eigenvalue weighted by atomic mass is 79.9. The van der Waals surface area contributed by atoms with Gasteiger partial charge in [-0.15, -0.1) is 0 Å². The van der Waals surface area contributed by atoms with Gasteiger partial charge >= 0.3 is 0 Å². The minimum atomic E-state index is -3.49. The van der Waals surface area contributed by atoms with Crippen molar-refractivity contribution in [2.45, 2.75) is 18.7 Å². The first-order valence-corrected chi connectivity index (χ1v) is 7.28. The van der Waals surface area contributed by atoms with Crippen molar-refractivity contribution in [3.63, 3.8) is 0 Å². The van der Waals surface area contributed by atoms with Crippen molar-refractivity contribution >= 4 is 31.6 Å². The first-order chi connectivity index (χ1) is 7.33. The molecule has 1 aromatic rings. The Hall–Kier alpha value is -0.680. The van der Waals surface area contributed by atoms with Gasteiger partial charge in [-0.1, -0.05) is 29.8 Å². The second-order valence-corrected chi connectivity index (χ2v) is 6.74. The molecule has 0 bridgehead atoms. The van der Waals surface area contributed by atoms with Gasteiger partial charge in [-0.3, -0.25) is 4.79 Å². The Morgan fingerprint density at radius 3 is 2.19 bits per heavy atom. The number of benzene rings is 1. The zero-order chi connectivity index (χ0) is 12.3. The summed E-state index contributed by atoms with van der Waals surface area (Å²) >= 11 is 3.22. The number of Topliss-reactive ketones (excluding diaryl/α,β-unsaturated/α-hetero) is 1. The van der Waals surface area contributed by atoms with Crippen molar-refractivity contribution < 1.29 is 13.2 Å². The van der Waals surface area contributed by atoms with Crippen molar-refractivity contribution in [2.24, 2.45) is 5.92 Å². The van der Waals surface area contributed by atoms with E-state index in [-0.39, 0.29) is 16.6 Å². The minimum Gasteiger partial charge on any atom is -0.298 e. The van der Waals surface area contributed by atoms with Crippen LogP contribution in [0.25, 0.3) is 0 Å². The van der Waals surface area contributed by atoms with Gasteiger partial charge in [0.1, 0.15) is 5.75 Å². The van der Waals surface area contributed by atoms with E-state index in [4.69, 9.17) is 0 Å². The van der Waals surface area contributed by atoms with E-state index in [1.807, 2.05) is 0 Å². The van der Waals surface area contributed by atoms with Gasteiger partial charge in [0.25, 0.3) is 0 Å². The van der Waals surface area contributed by atoms with E-state index in [9.17, 15) is 13.2 Å². The van der Waals surface area contributed by atoms with Crippen LogP contribution in [-0.4, -0.2) is 20.0 Å². The first-order valence-electron chi connectivity index (χ1n) is 4.84. The lowest BCUT2D eigenvalue weighted by atomic mass is 10.1. The fraction of sp³-hybridized carbons (Fsp3) is 0.364. The van der Waals surface area contributed by atoms with E-state index < -0.39 is 15.6 Å². The zero-order valence-electron chi connectivity index (χ0n) is 9.10. The Balaban J connectivity index is 2.95. The van der Waals surface area contributed by atoms with Gasteiger partial charge in [0.05, 0.1) is 4.90 Å². The third-order valence-electron chi connectivity index (χ3n) is 2.15. The van der Waals surface area contributed by atoms with E-state index in [1.54, 1.807) is 26.0 Å². The molecule has 0 aliphatic carbocycles. The van der Waals surface area contributed by atoms with Crippen LogP contribution in [-0.2, 0) is 14.6 Å². The number of halogens is 1. The van der Waals surface area contributed by atoms with Gasteiger partial charge in [-0.2, -0.15) is 0 Å². The standard InChI is InChI=1S/C11H13BrO3S/c1-8(2)11(13)7-16(14,15)10-5-3-9(12)4-6-10/h3-6,8H,7H2,1-2H3. The van der Waals surface area contributed by atoms with Crippen LogP contribution < -0.4 is 0 Å². The quantitative estimate of drug-likeness (QED) is 0.858. The van der Waals surface area contributed by atoms with Crippen LogP contribution in [0, 0.1) is 5.92 Å². The number of ketones is 1. The molecule has 0 atom stereocenters. The van der Waals surface area contributed by atoms with Gasteiger partial charge in [-0.05, 0) is 24.3 Å². The molecule has 0 saturated carbocycles. The fourth-order valence-corrected chi connectivity index (χ4v) is 2.77. The van der Waals surface area contributed by atoms with Crippen molar-refractivity contribution in [3.05, 3.63) is 28.7 Å². The predicted octanol–water partition coefficient (Wildman–Crippen LogP) is 2.45. The summed E-state index contributed by atoms with van der Waals surface area (Å²) in [6.45, 7) is 3.39. The molecular weight excluding hydrogens is 292 g/mol. The monoisotopic (exact) mass is 304 g/mol. The molecule has 0 aromatic heterocycles. The lowest BCUT2D eigenvalue weighted by Gasteiger charge is -2.06. The van der Waals surface area contributed by atoms with Gasteiger partial charge in [-0.25, -0.2) is 8.42 Å². The summed E-state index contributed by atoms with van der Waals surface area (Å²) in [6, 6.07) is 6.28. The van der Waals surface area contributed by atoms with E-state index in [1.165, 1.54) is 12.1 Å². The molecule has 0 unspecified atom stereocenters. The molecule has 0 heterocycles. The molecule has 0 aliphatic heterocycles. The molecule has 0 saturated heterocycles. The van der Waals surface area contributed by atoms with Crippen LogP contribution >= 0.6 is 15.9 Å².